The molecule has 0 bridgehead atoms. The molecule has 0 fully saturated rings. The Bertz CT molecular complexity index is 502. The van der Waals surface area contributed by atoms with Crippen LogP contribution in [0.5, 0.6) is 5.75 Å². The van der Waals surface area contributed by atoms with E-state index in [0.717, 1.165) is 6.07 Å². The van der Waals surface area contributed by atoms with Crippen molar-refractivity contribution < 1.29 is 18.7 Å². The standard InChI is InChI=1S/C11H7FO3/c12-7-1-3-9(10(14)5-7)11-4-2-8(6-13)15-11/h1-6,14H. The van der Waals surface area contributed by atoms with E-state index in [1.54, 1.807) is 0 Å². The van der Waals surface area contributed by atoms with Crippen LogP contribution in [0.15, 0.2) is 34.7 Å². The fourth-order valence-electron chi connectivity index (χ4n) is 1.27. The zero-order valence-electron chi connectivity index (χ0n) is 7.61. The SMILES string of the molecule is O=Cc1ccc(-c2ccc(F)cc2O)o1. The van der Waals surface area contributed by atoms with Gasteiger partial charge in [-0.2, -0.15) is 0 Å². The third-order valence-electron chi connectivity index (χ3n) is 1.97. The van der Waals surface area contributed by atoms with Crippen LogP contribution in [0, 0.1) is 5.82 Å². The molecule has 2 rings (SSSR count). The summed E-state index contributed by atoms with van der Waals surface area (Å²) in [7, 11) is 0. The van der Waals surface area contributed by atoms with E-state index in [1.807, 2.05) is 0 Å². The summed E-state index contributed by atoms with van der Waals surface area (Å²) in [5.41, 5.74) is 0.351. The van der Waals surface area contributed by atoms with Crippen LogP contribution < -0.4 is 0 Å². The molecule has 1 aromatic heterocycles. The monoisotopic (exact) mass is 206 g/mol. The topological polar surface area (TPSA) is 50.4 Å². The summed E-state index contributed by atoms with van der Waals surface area (Å²) in [5, 5.41) is 9.44. The first-order valence-electron chi connectivity index (χ1n) is 4.24. The quantitative estimate of drug-likeness (QED) is 0.768. The molecule has 0 aliphatic heterocycles. The van der Waals surface area contributed by atoms with Gasteiger partial charge in [-0.25, -0.2) is 4.39 Å². The van der Waals surface area contributed by atoms with Crippen molar-refractivity contribution in [1.29, 1.82) is 0 Å². The predicted molar refractivity (Wildman–Crippen MR) is 51.2 cm³/mol. The fraction of sp³-hybridized carbons (Fsp3) is 0. The molecule has 1 N–H and O–H groups in total. The Labute approximate surface area is 84.8 Å². The van der Waals surface area contributed by atoms with Gasteiger partial charge in [-0.15, -0.1) is 0 Å². The lowest BCUT2D eigenvalue weighted by Crippen LogP contribution is -1.78. The molecule has 0 atom stereocenters. The van der Waals surface area contributed by atoms with Crippen LogP contribution in [-0.4, -0.2) is 11.4 Å². The Morgan fingerprint density at radius 3 is 2.67 bits per heavy atom. The van der Waals surface area contributed by atoms with Gasteiger partial charge in [0, 0.05) is 6.07 Å². The number of rotatable bonds is 2. The molecule has 0 saturated heterocycles. The highest BCUT2D eigenvalue weighted by molar-refractivity contribution is 5.74. The van der Waals surface area contributed by atoms with Gasteiger partial charge in [0.2, 0.25) is 0 Å². The van der Waals surface area contributed by atoms with Crippen molar-refractivity contribution in [2.45, 2.75) is 0 Å². The smallest absolute Gasteiger partial charge is 0.185 e. The zero-order valence-corrected chi connectivity index (χ0v) is 7.61. The van der Waals surface area contributed by atoms with Crippen molar-refractivity contribution in [1.82, 2.24) is 0 Å². The number of furan rings is 1. The van der Waals surface area contributed by atoms with Gasteiger partial charge in [0.1, 0.15) is 17.3 Å². The minimum Gasteiger partial charge on any atom is -0.507 e. The third kappa shape index (κ3) is 1.74. The van der Waals surface area contributed by atoms with E-state index < -0.39 is 5.82 Å². The molecule has 3 nitrogen and oxygen atoms in total. The molecule has 1 aromatic carbocycles. The predicted octanol–water partition coefficient (Wildman–Crippen LogP) is 2.60. The van der Waals surface area contributed by atoms with E-state index in [2.05, 4.69) is 0 Å². The highest BCUT2D eigenvalue weighted by Gasteiger charge is 2.09. The minimum absolute atomic E-state index is 0.161. The molecule has 0 radical (unpaired) electrons. The van der Waals surface area contributed by atoms with Gasteiger partial charge < -0.3 is 9.52 Å². The molecule has 0 aliphatic carbocycles. The van der Waals surface area contributed by atoms with E-state index in [1.165, 1.54) is 24.3 Å². The molecule has 15 heavy (non-hydrogen) atoms. The molecule has 0 spiro atoms. The van der Waals surface area contributed by atoms with E-state index >= 15 is 0 Å². The summed E-state index contributed by atoms with van der Waals surface area (Å²) in [5.74, 6) is -0.261. The van der Waals surface area contributed by atoms with Crippen molar-refractivity contribution in [3.63, 3.8) is 0 Å². The molecule has 0 amide bonds. The van der Waals surface area contributed by atoms with Gasteiger partial charge in [-0.1, -0.05) is 0 Å². The highest BCUT2D eigenvalue weighted by atomic mass is 19.1. The van der Waals surface area contributed by atoms with Crippen LogP contribution in [0.25, 0.3) is 11.3 Å². The zero-order chi connectivity index (χ0) is 10.8. The Morgan fingerprint density at radius 1 is 1.27 bits per heavy atom. The number of aldehydes is 1. The van der Waals surface area contributed by atoms with Crippen LogP contribution in [0.4, 0.5) is 4.39 Å². The van der Waals surface area contributed by atoms with Gasteiger partial charge in [0.15, 0.2) is 12.0 Å². The van der Waals surface area contributed by atoms with Crippen LogP contribution in [0.2, 0.25) is 0 Å². The van der Waals surface area contributed by atoms with E-state index in [-0.39, 0.29) is 11.5 Å². The summed E-state index contributed by atoms with van der Waals surface area (Å²) < 4.78 is 17.8. The second-order valence-corrected chi connectivity index (χ2v) is 2.98. The van der Waals surface area contributed by atoms with Crippen molar-refractivity contribution >= 4 is 6.29 Å². The average Bonchev–Trinajstić information content (AvgIpc) is 2.66. The summed E-state index contributed by atoms with van der Waals surface area (Å²) >= 11 is 0. The molecule has 1 heterocycles. The van der Waals surface area contributed by atoms with E-state index in [4.69, 9.17) is 4.42 Å². The first-order chi connectivity index (χ1) is 7.20. The number of carbonyl (C=O) groups excluding carboxylic acids is 1. The van der Waals surface area contributed by atoms with Crippen molar-refractivity contribution in [2.24, 2.45) is 0 Å². The first kappa shape index (κ1) is 9.45. The van der Waals surface area contributed by atoms with Gasteiger partial charge in [0.25, 0.3) is 0 Å². The van der Waals surface area contributed by atoms with Crippen LogP contribution in [0.3, 0.4) is 0 Å². The van der Waals surface area contributed by atoms with Crippen LogP contribution >= 0.6 is 0 Å². The number of halogens is 1. The van der Waals surface area contributed by atoms with Gasteiger partial charge in [0.05, 0.1) is 5.56 Å². The summed E-state index contributed by atoms with van der Waals surface area (Å²) in [4.78, 5) is 10.4. The molecule has 2 aromatic rings. The number of hydrogen-bond acceptors (Lipinski definition) is 3. The molecule has 0 aliphatic rings. The lowest BCUT2D eigenvalue weighted by Gasteiger charge is -2.00. The third-order valence-corrected chi connectivity index (χ3v) is 1.97. The Morgan fingerprint density at radius 2 is 2.07 bits per heavy atom. The maximum atomic E-state index is 12.7. The first-order valence-corrected chi connectivity index (χ1v) is 4.24. The van der Waals surface area contributed by atoms with Crippen LogP contribution in [-0.2, 0) is 0 Å². The lowest BCUT2D eigenvalue weighted by atomic mass is 10.1. The normalized spacial score (nSPS) is 10.2. The van der Waals surface area contributed by atoms with Crippen molar-refractivity contribution in [3.8, 4) is 17.1 Å². The number of aromatic hydroxyl groups is 1. The molecule has 4 heteroatoms. The largest absolute Gasteiger partial charge is 0.507 e. The minimum atomic E-state index is -0.529. The lowest BCUT2D eigenvalue weighted by molar-refractivity contribution is 0.110. The summed E-state index contributed by atoms with van der Waals surface area (Å²) in [6.45, 7) is 0. The van der Waals surface area contributed by atoms with Gasteiger partial charge in [-0.3, -0.25) is 4.79 Å². The molecule has 0 saturated carbocycles. The average molecular weight is 206 g/mol. The second kappa shape index (κ2) is 3.57. The van der Waals surface area contributed by atoms with Crippen LogP contribution in [0.1, 0.15) is 10.6 Å². The van der Waals surface area contributed by atoms with E-state index in [0.29, 0.717) is 17.6 Å². The second-order valence-electron chi connectivity index (χ2n) is 2.98. The Balaban J connectivity index is 2.49. The Hall–Kier alpha value is -2.10. The number of phenols is 1. The summed E-state index contributed by atoms with van der Waals surface area (Å²) in [6.07, 6.45) is 0.560. The number of benzene rings is 1. The van der Waals surface area contributed by atoms with Gasteiger partial charge >= 0.3 is 0 Å². The maximum absolute atomic E-state index is 12.7. The fourth-order valence-corrected chi connectivity index (χ4v) is 1.27. The molecular formula is C11H7FO3. The summed E-state index contributed by atoms with van der Waals surface area (Å²) in [6, 6.07) is 6.59. The number of carbonyl (C=O) groups is 1. The Kier molecular flexibility index (Phi) is 2.25. The van der Waals surface area contributed by atoms with Crippen molar-refractivity contribution in [2.75, 3.05) is 0 Å². The molecule has 76 valence electrons. The molecule has 0 unspecified atom stereocenters. The number of hydrogen-bond donors (Lipinski definition) is 1. The number of phenolic OH excluding ortho intramolecular Hbond substituents is 1. The highest BCUT2D eigenvalue weighted by Crippen LogP contribution is 2.30. The van der Waals surface area contributed by atoms with Gasteiger partial charge in [-0.05, 0) is 24.3 Å². The van der Waals surface area contributed by atoms with Crippen molar-refractivity contribution in [3.05, 3.63) is 41.9 Å². The molecular weight excluding hydrogens is 199 g/mol. The van der Waals surface area contributed by atoms with E-state index in [9.17, 15) is 14.3 Å². The maximum Gasteiger partial charge on any atom is 0.185 e.